The lowest BCUT2D eigenvalue weighted by molar-refractivity contribution is -0.112. The van der Waals surface area contributed by atoms with E-state index in [9.17, 15) is 13.2 Å². The minimum atomic E-state index is -3.95. The first kappa shape index (κ1) is 22.4. The Bertz CT molecular complexity index is 1070. The van der Waals surface area contributed by atoms with Gasteiger partial charge in [-0.05, 0) is 84.4 Å². The molecule has 8 heteroatoms. The van der Waals surface area contributed by atoms with Crippen LogP contribution in [-0.4, -0.2) is 21.4 Å². The minimum Gasteiger partial charge on any atom is -0.495 e. The number of ether oxygens (including phenoxy) is 1. The standard InChI is InChI=1S/C22H25BrN2O4S/c1-15-8-10-18(23)19(12-15)25-30(27,28)21-14-17(9-11-20(21)29-2)24-22(26)13-16-6-4-3-5-7-16/h8-14,25H,3-7H2,1-2H3,(H,24,26). The van der Waals surface area contributed by atoms with E-state index in [1.165, 1.54) is 25.7 Å². The van der Waals surface area contributed by atoms with Gasteiger partial charge in [-0.2, -0.15) is 0 Å². The molecular weight excluding hydrogens is 468 g/mol. The summed E-state index contributed by atoms with van der Waals surface area (Å²) in [6.45, 7) is 1.88. The van der Waals surface area contributed by atoms with Gasteiger partial charge in [-0.1, -0.05) is 18.1 Å². The molecule has 0 unspecified atom stereocenters. The van der Waals surface area contributed by atoms with E-state index in [1.54, 1.807) is 24.3 Å². The summed E-state index contributed by atoms with van der Waals surface area (Å²) in [6.07, 6.45) is 6.90. The molecule has 2 N–H and O–H groups in total. The highest BCUT2D eigenvalue weighted by Crippen LogP contribution is 2.31. The molecule has 2 aromatic carbocycles. The Hall–Kier alpha value is -2.32. The number of rotatable bonds is 6. The van der Waals surface area contributed by atoms with Gasteiger partial charge in [0.05, 0.1) is 12.8 Å². The quantitative estimate of drug-likeness (QED) is 0.528. The van der Waals surface area contributed by atoms with Crippen molar-refractivity contribution in [3.05, 3.63) is 58.1 Å². The number of sulfonamides is 1. The largest absolute Gasteiger partial charge is 0.495 e. The van der Waals surface area contributed by atoms with Crippen molar-refractivity contribution in [1.82, 2.24) is 0 Å². The second kappa shape index (κ2) is 9.66. The number of hydrogen-bond acceptors (Lipinski definition) is 4. The molecule has 1 aliphatic carbocycles. The van der Waals surface area contributed by atoms with Gasteiger partial charge in [0.1, 0.15) is 10.6 Å². The van der Waals surface area contributed by atoms with Crippen molar-refractivity contribution in [1.29, 1.82) is 0 Å². The average Bonchev–Trinajstić information content (AvgIpc) is 2.71. The Kier molecular flexibility index (Phi) is 7.20. The molecule has 0 aliphatic heterocycles. The monoisotopic (exact) mass is 492 g/mol. The molecule has 30 heavy (non-hydrogen) atoms. The number of anilines is 2. The lowest BCUT2D eigenvalue weighted by Crippen LogP contribution is -2.16. The SMILES string of the molecule is COc1ccc(NC(=O)C=C2CCCCC2)cc1S(=O)(=O)Nc1cc(C)ccc1Br. The number of carbonyl (C=O) groups is 1. The van der Waals surface area contributed by atoms with Crippen molar-refractivity contribution in [2.24, 2.45) is 0 Å². The number of aryl methyl sites for hydroxylation is 1. The van der Waals surface area contributed by atoms with Gasteiger partial charge >= 0.3 is 0 Å². The van der Waals surface area contributed by atoms with E-state index in [1.807, 2.05) is 13.0 Å². The van der Waals surface area contributed by atoms with Gasteiger partial charge in [-0.15, -0.1) is 0 Å². The summed E-state index contributed by atoms with van der Waals surface area (Å²) in [6, 6.07) is 9.94. The molecule has 1 aliphatic rings. The van der Waals surface area contributed by atoms with Gasteiger partial charge in [-0.3, -0.25) is 9.52 Å². The zero-order valence-corrected chi connectivity index (χ0v) is 19.4. The summed E-state index contributed by atoms with van der Waals surface area (Å²) < 4.78 is 34.6. The van der Waals surface area contributed by atoms with Crippen LogP contribution in [0.25, 0.3) is 0 Å². The third-order valence-corrected chi connectivity index (χ3v) is 7.00. The van der Waals surface area contributed by atoms with Crippen LogP contribution in [0.4, 0.5) is 11.4 Å². The highest BCUT2D eigenvalue weighted by molar-refractivity contribution is 9.10. The van der Waals surface area contributed by atoms with E-state index in [4.69, 9.17) is 4.74 Å². The molecule has 0 radical (unpaired) electrons. The van der Waals surface area contributed by atoms with Crippen LogP contribution in [-0.2, 0) is 14.8 Å². The number of allylic oxidation sites excluding steroid dienone is 1. The summed E-state index contributed by atoms with van der Waals surface area (Å²) in [5.41, 5.74) is 2.86. The summed E-state index contributed by atoms with van der Waals surface area (Å²) in [4.78, 5) is 12.3. The molecule has 2 aromatic rings. The maximum absolute atomic E-state index is 13.1. The molecule has 0 heterocycles. The summed E-state index contributed by atoms with van der Waals surface area (Å²) in [5.74, 6) is -0.0651. The van der Waals surface area contributed by atoms with E-state index in [2.05, 4.69) is 26.0 Å². The minimum absolute atomic E-state index is 0.0541. The van der Waals surface area contributed by atoms with Gasteiger partial charge < -0.3 is 10.1 Å². The van der Waals surface area contributed by atoms with Crippen molar-refractivity contribution in [2.45, 2.75) is 43.9 Å². The first-order valence-corrected chi connectivity index (χ1v) is 12.0. The van der Waals surface area contributed by atoms with Crippen LogP contribution in [0.5, 0.6) is 5.75 Å². The first-order chi connectivity index (χ1) is 14.3. The van der Waals surface area contributed by atoms with Gasteiger partial charge in [-0.25, -0.2) is 8.42 Å². The lowest BCUT2D eigenvalue weighted by Gasteiger charge is -2.15. The topological polar surface area (TPSA) is 84.5 Å². The van der Waals surface area contributed by atoms with Crippen LogP contribution in [0.3, 0.4) is 0 Å². The fourth-order valence-electron chi connectivity index (χ4n) is 3.40. The van der Waals surface area contributed by atoms with E-state index < -0.39 is 10.0 Å². The number of amides is 1. The normalized spacial score (nSPS) is 14.2. The van der Waals surface area contributed by atoms with E-state index >= 15 is 0 Å². The van der Waals surface area contributed by atoms with Crippen molar-refractivity contribution >= 4 is 43.2 Å². The van der Waals surface area contributed by atoms with Crippen LogP contribution in [0.15, 0.2) is 57.4 Å². The predicted molar refractivity (Wildman–Crippen MR) is 122 cm³/mol. The summed E-state index contributed by atoms with van der Waals surface area (Å²) in [5, 5.41) is 2.77. The predicted octanol–water partition coefficient (Wildman–Crippen LogP) is 5.40. The molecule has 6 nitrogen and oxygen atoms in total. The first-order valence-electron chi connectivity index (χ1n) is 9.76. The molecule has 160 valence electrons. The zero-order valence-electron chi connectivity index (χ0n) is 17.0. The van der Waals surface area contributed by atoms with Crippen molar-refractivity contribution < 1.29 is 17.9 Å². The Morgan fingerprint density at radius 2 is 1.83 bits per heavy atom. The molecule has 1 fully saturated rings. The van der Waals surface area contributed by atoms with Crippen LogP contribution in [0, 0.1) is 6.92 Å². The number of hydrogen-bond donors (Lipinski definition) is 2. The highest BCUT2D eigenvalue weighted by Gasteiger charge is 2.22. The van der Waals surface area contributed by atoms with Gasteiger partial charge in [0.25, 0.3) is 10.0 Å². The number of carbonyl (C=O) groups excluding carboxylic acids is 1. The van der Waals surface area contributed by atoms with E-state index in [-0.39, 0.29) is 16.6 Å². The summed E-state index contributed by atoms with van der Waals surface area (Å²) in [7, 11) is -2.55. The van der Waals surface area contributed by atoms with E-state index in [0.29, 0.717) is 15.8 Å². The highest BCUT2D eigenvalue weighted by atomic mass is 79.9. The molecule has 0 bridgehead atoms. The van der Waals surface area contributed by atoms with E-state index in [0.717, 1.165) is 36.8 Å². The molecule has 0 spiro atoms. The number of halogens is 1. The second-order valence-electron chi connectivity index (χ2n) is 7.31. The fourth-order valence-corrected chi connectivity index (χ4v) is 5.14. The molecule has 3 rings (SSSR count). The van der Waals surface area contributed by atoms with Crippen LogP contribution in [0.2, 0.25) is 0 Å². The lowest BCUT2D eigenvalue weighted by atomic mass is 9.94. The van der Waals surface area contributed by atoms with Crippen LogP contribution in [0.1, 0.15) is 37.7 Å². The molecular formula is C22H25BrN2O4S. The maximum atomic E-state index is 13.1. The Labute approximate surface area is 185 Å². The third-order valence-electron chi connectivity index (χ3n) is 4.92. The number of benzene rings is 2. The fraction of sp³-hybridized carbons (Fsp3) is 0.318. The number of methoxy groups -OCH3 is 1. The van der Waals surface area contributed by atoms with Gasteiger partial charge in [0.15, 0.2) is 0 Å². The Balaban J connectivity index is 1.86. The van der Waals surface area contributed by atoms with Crippen LogP contribution < -0.4 is 14.8 Å². The molecule has 1 saturated carbocycles. The average molecular weight is 493 g/mol. The van der Waals surface area contributed by atoms with Crippen molar-refractivity contribution in [2.75, 3.05) is 17.1 Å². The third kappa shape index (κ3) is 5.64. The Morgan fingerprint density at radius 3 is 2.53 bits per heavy atom. The second-order valence-corrected chi connectivity index (χ2v) is 9.81. The molecule has 1 amide bonds. The van der Waals surface area contributed by atoms with Gasteiger partial charge in [0, 0.05) is 16.2 Å². The molecule has 0 atom stereocenters. The smallest absolute Gasteiger partial charge is 0.265 e. The van der Waals surface area contributed by atoms with Crippen molar-refractivity contribution in [3.63, 3.8) is 0 Å². The Morgan fingerprint density at radius 1 is 1.10 bits per heavy atom. The maximum Gasteiger partial charge on any atom is 0.265 e. The number of nitrogens with one attached hydrogen (secondary N) is 2. The molecule has 0 aromatic heterocycles. The zero-order chi connectivity index (χ0) is 21.7. The van der Waals surface area contributed by atoms with Crippen LogP contribution >= 0.6 is 15.9 Å². The molecule has 0 saturated heterocycles. The van der Waals surface area contributed by atoms with Crippen molar-refractivity contribution in [3.8, 4) is 5.75 Å². The van der Waals surface area contributed by atoms with Gasteiger partial charge in [0.2, 0.25) is 5.91 Å². The summed E-state index contributed by atoms with van der Waals surface area (Å²) >= 11 is 3.36.